The van der Waals surface area contributed by atoms with Crippen LogP contribution in [0.5, 0.6) is 0 Å². The second kappa shape index (κ2) is 3.96. The molecule has 0 saturated carbocycles. The smallest absolute Gasteiger partial charge is 0.207 e. The van der Waals surface area contributed by atoms with Gasteiger partial charge in [0.15, 0.2) is 11.6 Å². The zero-order valence-electron chi connectivity index (χ0n) is 10.7. The maximum Gasteiger partial charge on any atom is 0.207 e. The summed E-state index contributed by atoms with van der Waals surface area (Å²) < 4.78 is 0. The van der Waals surface area contributed by atoms with Crippen molar-refractivity contribution in [3.05, 3.63) is 75.1 Å². The predicted octanol–water partition coefficient (Wildman–Crippen LogP) is 1.70. The van der Waals surface area contributed by atoms with Crippen LogP contribution in [0.4, 0.5) is 0 Å². The second-order valence-electron chi connectivity index (χ2n) is 4.85. The summed E-state index contributed by atoms with van der Waals surface area (Å²) in [6.07, 6.45) is 1.15. The fourth-order valence-corrected chi connectivity index (χ4v) is 2.73. The Morgan fingerprint density at radius 1 is 0.810 bits per heavy atom. The minimum absolute atomic E-state index is 0.216. The van der Waals surface area contributed by atoms with E-state index < -0.39 is 0 Å². The van der Waals surface area contributed by atoms with E-state index in [4.69, 9.17) is 0 Å². The molecule has 4 rings (SSSR count). The summed E-state index contributed by atoms with van der Waals surface area (Å²) in [5.41, 5.74) is 1.29. The molecule has 2 aromatic carbocycles. The first kappa shape index (κ1) is 11.7. The van der Waals surface area contributed by atoms with Crippen LogP contribution in [0.25, 0.3) is 10.9 Å². The summed E-state index contributed by atoms with van der Waals surface area (Å²) in [5, 5.41) is 6.76. The number of benzene rings is 2. The Bertz CT molecular complexity index is 1000. The first-order valence-corrected chi connectivity index (χ1v) is 6.37. The van der Waals surface area contributed by atoms with Gasteiger partial charge in [0.2, 0.25) is 5.43 Å². The normalized spacial score (nSPS) is 13.1. The van der Waals surface area contributed by atoms with Gasteiger partial charge in [-0.3, -0.25) is 19.5 Å². The lowest BCUT2D eigenvalue weighted by atomic mass is 9.83. The summed E-state index contributed by atoms with van der Waals surface area (Å²) in [7, 11) is 0. The highest BCUT2D eigenvalue weighted by Crippen LogP contribution is 2.30. The number of H-pyrrole nitrogens is 1. The van der Waals surface area contributed by atoms with Gasteiger partial charge < -0.3 is 0 Å². The molecule has 3 aromatic rings. The maximum atomic E-state index is 12.7. The van der Waals surface area contributed by atoms with Crippen LogP contribution in [0.15, 0.2) is 47.4 Å². The monoisotopic (exact) mass is 276 g/mol. The Hall–Kier alpha value is -3.08. The molecule has 1 heterocycles. The highest BCUT2D eigenvalue weighted by atomic mass is 16.1. The van der Waals surface area contributed by atoms with E-state index in [1.807, 2.05) is 0 Å². The molecule has 21 heavy (non-hydrogen) atoms. The van der Waals surface area contributed by atoms with Crippen molar-refractivity contribution in [2.75, 3.05) is 0 Å². The first-order valence-electron chi connectivity index (χ1n) is 6.37. The van der Waals surface area contributed by atoms with E-state index in [2.05, 4.69) is 10.2 Å². The molecule has 0 fully saturated rings. The van der Waals surface area contributed by atoms with Gasteiger partial charge in [0.05, 0.1) is 17.3 Å². The number of nitrogens with one attached hydrogen (secondary N) is 1. The molecule has 0 unspecified atom stereocenters. The summed E-state index contributed by atoms with van der Waals surface area (Å²) >= 11 is 0. The van der Waals surface area contributed by atoms with E-state index in [-0.39, 0.29) is 22.6 Å². The molecule has 0 bridgehead atoms. The molecule has 0 aliphatic heterocycles. The van der Waals surface area contributed by atoms with E-state index in [1.54, 1.807) is 30.3 Å². The van der Waals surface area contributed by atoms with Gasteiger partial charge in [-0.25, -0.2) is 0 Å². The number of nitrogens with zero attached hydrogens (tertiary/aromatic N) is 1. The molecule has 1 aliphatic rings. The molecule has 0 atom stereocenters. The second-order valence-corrected chi connectivity index (χ2v) is 4.85. The lowest BCUT2D eigenvalue weighted by molar-refractivity contribution is 0.0980. The van der Waals surface area contributed by atoms with Crippen LogP contribution >= 0.6 is 0 Å². The number of fused-ring (bicyclic) bond motifs is 4. The van der Waals surface area contributed by atoms with Crippen LogP contribution in [-0.2, 0) is 0 Å². The lowest BCUT2D eigenvalue weighted by Crippen LogP contribution is -2.22. The SMILES string of the molecule is O=C1c2ccccc2C(=O)c2c1ccc1c(=O)cn[nH]c21. The average Bonchev–Trinajstić information content (AvgIpc) is 2.52. The number of rotatable bonds is 0. The van der Waals surface area contributed by atoms with E-state index in [0.717, 1.165) is 6.20 Å². The summed E-state index contributed by atoms with van der Waals surface area (Å²) in [6, 6.07) is 9.76. The van der Waals surface area contributed by atoms with Crippen molar-refractivity contribution in [2.45, 2.75) is 0 Å². The quantitative estimate of drug-likeness (QED) is 0.530. The van der Waals surface area contributed by atoms with Crippen molar-refractivity contribution in [1.82, 2.24) is 10.2 Å². The zero-order valence-corrected chi connectivity index (χ0v) is 10.7. The van der Waals surface area contributed by atoms with Crippen LogP contribution in [0, 0.1) is 0 Å². The Morgan fingerprint density at radius 2 is 1.52 bits per heavy atom. The molecular formula is C16H8N2O3. The topological polar surface area (TPSA) is 79.9 Å². The highest BCUT2D eigenvalue weighted by molar-refractivity contribution is 6.31. The van der Waals surface area contributed by atoms with E-state index in [0.29, 0.717) is 27.6 Å². The van der Waals surface area contributed by atoms with Crippen LogP contribution in [0.3, 0.4) is 0 Å². The van der Waals surface area contributed by atoms with Crippen molar-refractivity contribution < 1.29 is 9.59 Å². The van der Waals surface area contributed by atoms with Gasteiger partial charge in [-0.2, -0.15) is 5.10 Å². The molecule has 1 N–H and O–H groups in total. The standard InChI is InChI=1S/C16H8N2O3/c19-12-7-17-18-14-10(12)5-6-11-13(14)16(21)9-4-2-1-3-8(9)15(11)20/h1-7H,(H,18,19). The Labute approximate surface area is 118 Å². The Morgan fingerprint density at radius 3 is 2.29 bits per heavy atom. The first-order chi connectivity index (χ1) is 10.2. The van der Waals surface area contributed by atoms with Gasteiger partial charge in [-0.05, 0) is 12.1 Å². The number of carbonyl (C=O) groups excluding carboxylic acids is 2. The maximum absolute atomic E-state index is 12.7. The number of hydrogen-bond acceptors (Lipinski definition) is 4. The fraction of sp³-hybridized carbons (Fsp3) is 0. The van der Waals surface area contributed by atoms with Crippen molar-refractivity contribution in [1.29, 1.82) is 0 Å². The van der Waals surface area contributed by atoms with Gasteiger partial charge in [-0.15, -0.1) is 0 Å². The zero-order chi connectivity index (χ0) is 14.6. The van der Waals surface area contributed by atoms with E-state index in [1.165, 1.54) is 6.07 Å². The Balaban J connectivity index is 2.17. The molecule has 5 heteroatoms. The Kier molecular flexibility index (Phi) is 2.21. The summed E-state index contributed by atoms with van der Waals surface area (Å²) in [5.74, 6) is -0.485. The minimum atomic E-state index is -0.286. The molecule has 5 nitrogen and oxygen atoms in total. The number of ketones is 2. The number of aromatic amines is 1. The largest absolute Gasteiger partial charge is 0.289 e. The number of hydrogen-bond donors (Lipinski definition) is 1. The molecular weight excluding hydrogens is 268 g/mol. The van der Waals surface area contributed by atoms with Crippen molar-refractivity contribution in [3.63, 3.8) is 0 Å². The third-order valence-corrected chi connectivity index (χ3v) is 3.72. The van der Waals surface area contributed by atoms with Crippen LogP contribution < -0.4 is 5.43 Å². The van der Waals surface area contributed by atoms with Gasteiger partial charge in [0.1, 0.15) is 0 Å². The molecule has 100 valence electrons. The third kappa shape index (κ3) is 1.45. The van der Waals surface area contributed by atoms with Gasteiger partial charge >= 0.3 is 0 Å². The van der Waals surface area contributed by atoms with Crippen molar-refractivity contribution in [2.24, 2.45) is 0 Å². The number of aromatic nitrogens is 2. The van der Waals surface area contributed by atoms with Crippen molar-refractivity contribution >= 4 is 22.5 Å². The number of carbonyl (C=O) groups is 2. The predicted molar refractivity (Wildman–Crippen MR) is 75.7 cm³/mol. The molecule has 0 radical (unpaired) electrons. The van der Waals surface area contributed by atoms with Crippen molar-refractivity contribution in [3.8, 4) is 0 Å². The third-order valence-electron chi connectivity index (χ3n) is 3.72. The van der Waals surface area contributed by atoms with E-state index >= 15 is 0 Å². The van der Waals surface area contributed by atoms with Crippen LogP contribution in [0.2, 0.25) is 0 Å². The van der Waals surface area contributed by atoms with Gasteiger partial charge in [-0.1, -0.05) is 24.3 Å². The summed E-state index contributed by atoms with van der Waals surface area (Å²) in [4.78, 5) is 37.0. The highest BCUT2D eigenvalue weighted by Gasteiger charge is 2.31. The van der Waals surface area contributed by atoms with Gasteiger partial charge in [0, 0.05) is 22.1 Å². The molecule has 0 amide bonds. The average molecular weight is 276 g/mol. The molecule has 1 aliphatic carbocycles. The lowest BCUT2D eigenvalue weighted by Gasteiger charge is -2.18. The van der Waals surface area contributed by atoms with Crippen LogP contribution in [0.1, 0.15) is 31.8 Å². The molecule has 0 spiro atoms. The summed E-state index contributed by atoms with van der Waals surface area (Å²) in [6.45, 7) is 0. The van der Waals surface area contributed by atoms with Crippen LogP contribution in [-0.4, -0.2) is 21.8 Å². The minimum Gasteiger partial charge on any atom is -0.289 e. The molecule has 1 aromatic heterocycles. The van der Waals surface area contributed by atoms with Gasteiger partial charge in [0.25, 0.3) is 0 Å². The fourth-order valence-electron chi connectivity index (χ4n) is 2.73. The van der Waals surface area contributed by atoms with E-state index in [9.17, 15) is 14.4 Å². The molecule has 0 saturated heterocycles.